The van der Waals surface area contributed by atoms with E-state index >= 15 is 0 Å². The molecule has 3 aliphatic rings. The highest BCUT2D eigenvalue weighted by Crippen LogP contribution is 2.47. The first-order valence-electron chi connectivity index (χ1n) is 38.5. The lowest BCUT2D eigenvalue weighted by molar-refractivity contribution is -0.140. The number of ether oxygens (including phenoxy) is 3. The van der Waals surface area contributed by atoms with E-state index in [1.807, 2.05) is 19.9 Å². The summed E-state index contributed by atoms with van der Waals surface area (Å²) in [4.78, 5) is 217. The molecule has 0 saturated carbocycles. The van der Waals surface area contributed by atoms with Crippen LogP contribution >= 0.6 is 23.2 Å². The van der Waals surface area contributed by atoms with Crippen LogP contribution in [0, 0.1) is 0 Å². The molecular weight excluding hydrogens is 1630 g/mol. The number of carbonyl (C=O) groups excluding carboxylic acids is 13. The number of halogens is 2. The van der Waals surface area contributed by atoms with Crippen LogP contribution in [0.3, 0.4) is 0 Å². The third-order valence-corrected chi connectivity index (χ3v) is 20.1. The number of benzene rings is 3. The Kier molecular flexibility index (Phi) is 36.4. The number of hydrogen-bond donors (Lipinski definition) is 17. The van der Waals surface area contributed by atoms with Gasteiger partial charge in [0.05, 0.1) is 89.5 Å². The van der Waals surface area contributed by atoms with Gasteiger partial charge in [0.2, 0.25) is 70.9 Å². The highest BCUT2D eigenvalue weighted by Gasteiger charge is 2.41. The van der Waals surface area contributed by atoms with E-state index in [0.717, 1.165) is 0 Å². The number of nitrogens with zero attached hydrogens (tertiary/aromatic N) is 7. The number of hydrogen-bond acceptors (Lipinski definition) is 26. The zero-order valence-corrected chi connectivity index (χ0v) is 68.7. The van der Waals surface area contributed by atoms with E-state index in [1.165, 1.54) is 30.8 Å². The summed E-state index contributed by atoms with van der Waals surface area (Å²) >= 11 is 13.1. The summed E-state index contributed by atoms with van der Waals surface area (Å²) in [6.45, 7) is 3.77. The lowest BCUT2D eigenvalue weighted by Gasteiger charge is -2.41. The predicted molar refractivity (Wildman–Crippen MR) is 431 cm³/mol. The lowest BCUT2D eigenvalue weighted by atomic mass is 9.95. The van der Waals surface area contributed by atoms with E-state index in [-0.39, 0.29) is 109 Å². The molecule has 20 N–H and O–H groups in total. The minimum absolute atomic E-state index is 0.00705. The topological polar surface area (TPSA) is 622 Å². The van der Waals surface area contributed by atoms with Gasteiger partial charge in [0, 0.05) is 117 Å². The fraction of sp³-hybridized carbons (Fsp3) is 0.513. The first kappa shape index (κ1) is 96.4. The molecule has 3 aromatic carbocycles. The fourth-order valence-electron chi connectivity index (χ4n) is 13.3. The number of primary amides is 3. The number of aliphatic carboxylic acids is 3. The number of methoxy groups -OCH3 is 1. The molecule has 2 saturated heterocycles. The van der Waals surface area contributed by atoms with Gasteiger partial charge in [0.15, 0.2) is 5.69 Å². The summed E-state index contributed by atoms with van der Waals surface area (Å²) in [5.74, 6) is -15.7. The fourth-order valence-corrected chi connectivity index (χ4v) is 13.8. The molecule has 45 heteroatoms. The number of fused-ring (bicyclic) bond motifs is 3. The quantitative estimate of drug-likeness (QED) is 0.0187. The third kappa shape index (κ3) is 29.3. The molecule has 0 bridgehead atoms. The number of amides is 13. The van der Waals surface area contributed by atoms with E-state index in [1.54, 1.807) is 67.9 Å². The first-order chi connectivity index (χ1) is 57.3. The number of unbranched alkanes of at least 4 members (excludes halogenated alkanes) is 1. The largest absolute Gasteiger partial charge is 0.496 e. The number of nitrogens with one attached hydrogen (secondary N) is 9. The maximum absolute atomic E-state index is 14.5. The highest BCUT2D eigenvalue weighted by atomic mass is 35.5. The SMILES string of the molecule is COc1cc2c(cc1-c1cccc(NC(=O)CCC(=O)NCCCC[C@@H](NC(=O)[C@@H](CO)NC(=O)[C@@H](CC(N)=O)NC(=O)[C@@H](CC(N)=O)NC(=O)[C@@H](CO)NC(=O)[C@@H](C)NC(=O)CN3CCN(CC(=O)O)CCN(CC(=O)O)CCN(CC(=O)O)CC3)C(=O)N[C@H](C)C(N)=O)c1)-c1c(c(C(=O)N3CCOCC3(C)C)nn1-c1cc(Cl)cc(Cl)c1)CO2. The number of carboxylic acid groups (broad SMARTS) is 3. The molecule has 43 nitrogen and oxygen atoms in total. The van der Waals surface area contributed by atoms with Gasteiger partial charge in [0.1, 0.15) is 60.4 Å². The van der Waals surface area contributed by atoms with Crippen LogP contribution in [-0.4, -0.2) is 328 Å². The molecule has 0 radical (unpaired) electrons. The van der Waals surface area contributed by atoms with Crippen molar-refractivity contribution in [1.29, 1.82) is 0 Å². The first-order valence-corrected chi connectivity index (χ1v) is 39.3. The molecule has 2 fully saturated rings. The molecule has 660 valence electrons. The predicted octanol–water partition coefficient (Wildman–Crippen LogP) is -4.20. The van der Waals surface area contributed by atoms with Crippen LogP contribution in [-0.2, 0) is 83.3 Å². The number of aromatic nitrogens is 2. The van der Waals surface area contributed by atoms with Gasteiger partial charge in [-0.1, -0.05) is 35.3 Å². The number of morpholine rings is 1. The summed E-state index contributed by atoms with van der Waals surface area (Å²) in [7, 11) is 1.49. The molecule has 4 heterocycles. The van der Waals surface area contributed by atoms with Gasteiger partial charge in [-0.3, -0.25) is 96.3 Å². The molecule has 3 aliphatic heterocycles. The van der Waals surface area contributed by atoms with Crippen molar-refractivity contribution < 1.29 is 116 Å². The van der Waals surface area contributed by atoms with Crippen molar-refractivity contribution in [3.05, 3.63) is 75.9 Å². The smallest absolute Gasteiger partial charge is 0.317 e. The van der Waals surface area contributed by atoms with Crippen molar-refractivity contribution >= 4 is 124 Å². The molecule has 0 aliphatic carbocycles. The van der Waals surface area contributed by atoms with Gasteiger partial charge in [0.25, 0.3) is 5.91 Å². The molecule has 13 amide bonds. The second-order valence-electron chi connectivity index (χ2n) is 29.6. The van der Waals surface area contributed by atoms with Crippen LogP contribution in [0.4, 0.5) is 5.69 Å². The van der Waals surface area contributed by atoms with Crippen molar-refractivity contribution in [2.24, 2.45) is 17.2 Å². The Morgan fingerprint density at radius 2 is 1.06 bits per heavy atom. The average Bonchev–Trinajstić information content (AvgIpc) is 1.59. The summed E-state index contributed by atoms with van der Waals surface area (Å²) in [5.41, 5.74) is 19.3. The van der Waals surface area contributed by atoms with E-state index in [0.29, 0.717) is 80.6 Å². The minimum Gasteiger partial charge on any atom is -0.496 e. The van der Waals surface area contributed by atoms with Crippen molar-refractivity contribution in [1.82, 2.24) is 76.8 Å². The van der Waals surface area contributed by atoms with Gasteiger partial charge in [-0.25, -0.2) is 4.68 Å². The van der Waals surface area contributed by atoms with E-state index < -0.39 is 189 Å². The van der Waals surface area contributed by atoms with Gasteiger partial charge >= 0.3 is 17.9 Å². The Morgan fingerprint density at radius 3 is 1.56 bits per heavy atom. The van der Waals surface area contributed by atoms with E-state index in [4.69, 9.17) is 59.7 Å². The molecule has 1 aromatic heterocycles. The van der Waals surface area contributed by atoms with Gasteiger partial charge < -0.3 is 110 Å². The zero-order chi connectivity index (χ0) is 89.1. The number of carbonyl (C=O) groups is 16. The molecule has 0 spiro atoms. The summed E-state index contributed by atoms with van der Waals surface area (Å²) in [5, 5.41) is 76.0. The molecule has 4 aromatic rings. The summed E-state index contributed by atoms with van der Waals surface area (Å²) in [6, 6.07) is 3.05. The number of rotatable bonds is 41. The van der Waals surface area contributed by atoms with Crippen LogP contribution in [0.25, 0.3) is 28.1 Å². The summed E-state index contributed by atoms with van der Waals surface area (Å²) in [6.07, 6.45) is -2.57. The van der Waals surface area contributed by atoms with E-state index in [2.05, 4.69) is 47.9 Å². The third-order valence-electron chi connectivity index (χ3n) is 19.6. The maximum Gasteiger partial charge on any atom is 0.317 e. The van der Waals surface area contributed by atoms with E-state index in [9.17, 15) is 102 Å². The maximum atomic E-state index is 14.5. The van der Waals surface area contributed by atoms with Crippen LogP contribution in [0.15, 0.2) is 54.6 Å². The zero-order valence-electron chi connectivity index (χ0n) is 67.2. The minimum atomic E-state index is -2.05. The molecular formula is C76H103Cl2N19O24. The standard InChI is InChI=1S/C76H103Cl2N19O24/c1-41(68(81)111)84-70(113)51(11-6-7-14-82-60(102)12-13-61(103)85-46-10-8-9-43(25-46)48-29-49-57(32-56(48)119-5)121-39-50-66(75(118)96-23-24-120-40-76(96,3)4)91-97(67(49)50)47-27-44(77)26-45(78)28-47)86-73(116)55(38-99)90-72(115)53(31-59(80)101)87-71(114)52(30-58(79)100)88-74(117)54(37-98)89-69(112)42(2)83-62(104)33-92-15-17-93(34-63(105)106)19-21-95(36-65(109)110)22-20-94(18-16-92)35-64(107)108/h8-10,25-29,32,41-42,51-55,98-99H,6-7,11-24,30-31,33-40H2,1-5H3,(H2,79,100)(H2,80,101)(H2,81,111)(H,82,102)(H,83,104)(H,84,113)(H,85,103)(H,86,116)(H,87,114)(H,88,117)(H,89,112)(H,90,115)(H,105,106)(H,107,108)(H,109,110)/t41-,42-,51-,52-,53-,54-,55-/m1/s1. The van der Waals surface area contributed by atoms with Crippen molar-refractivity contribution in [3.8, 4) is 39.6 Å². The number of aliphatic hydroxyl groups excluding tert-OH is 2. The molecule has 0 unspecified atom stereocenters. The number of aliphatic hydroxyl groups is 2. The molecule has 121 heavy (non-hydrogen) atoms. The Bertz CT molecular complexity index is 4440. The van der Waals surface area contributed by atoms with Crippen molar-refractivity contribution in [2.75, 3.05) is 130 Å². The van der Waals surface area contributed by atoms with Gasteiger partial charge in [-0.15, -0.1) is 0 Å². The van der Waals surface area contributed by atoms with Crippen LogP contribution in [0.1, 0.15) is 88.7 Å². The second-order valence-corrected chi connectivity index (χ2v) is 30.4. The lowest BCUT2D eigenvalue weighted by Crippen LogP contribution is -2.61. The van der Waals surface area contributed by atoms with Crippen LogP contribution < -0.4 is 74.5 Å². The molecule has 7 atom stereocenters. The number of anilines is 1. The Labute approximate surface area is 704 Å². The Morgan fingerprint density at radius 1 is 0.562 bits per heavy atom. The van der Waals surface area contributed by atoms with Crippen molar-refractivity contribution in [2.45, 2.75) is 127 Å². The highest BCUT2D eigenvalue weighted by molar-refractivity contribution is 6.35. The van der Waals surface area contributed by atoms with Crippen LogP contribution in [0.2, 0.25) is 10.0 Å². The normalized spacial score (nSPS) is 16.3. The van der Waals surface area contributed by atoms with Crippen LogP contribution in [0.5, 0.6) is 11.5 Å². The monoisotopic (exact) mass is 1740 g/mol. The van der Waals surface area contributed by atoms with Gasteiger partial charge in [-0.05, 0) is 88.9 Å². The Balaban J connectivity index is 0.920. The number of nitrogens with two attached hydrogens (primary N) is 3. The Hall–Kier alpha value is -11.7. The average molecular weight is 1740 g/mol. The summed E-state index contributed by atoms with van der Waals surface area (Å²) < 4.78 is 19.5. The van der Waals surface area contributed by atoms with Gasteiger partial charge in [-0.2, -0.15) is 5.10 Å². The van der Waals surface area contributed by atoms with Crippen molar-refractivity contribution in [3.63, 3.8) is 0 Å². The molecule has 7 rings (SSSR count). The second kappa shape index (κ2) is 45.6. The number of carboxylic acids is 3.